The van der Waals surface area contributed by atoms with Gasteiger partial charge >= 0.3 is 11.8 Å². The van der Waals surface area contributed by atoms with E-state index in [-0.39, 0.29) is 6.03 Å². The Labute approximate surface area is 139 Å². The van der Waals surface area contributed by atoms with Crippen molar-refractivity contribution in [1.82, 2.24) is 15.0 Å². The molecule has 1 aromatic carbocycles. The highest BCUT2D eigenvalue weighted by Crippen LogP contribution is 2.37. The van der Waals surface area contributed by atoms with Crippen LogP contribution in [-0.2, 0) is 0 Å². The summed E-state index contributed by atoms with van der Waals surface area (Å²) in [5, 5.41) is 6.63. The number of piperidine rings is 1. The summed E-state index contributed by atoms with van der Waals surface area (Å²) in [5.41, 5.74) is 1.46. The van der Waals surface area contributed by atoms with Crippen LogP contribution in [0.2, 0.25) is 0 Å². The van der Waals surface area contributed by atoms with Crippen LogP contribution in [-0.4, -0.2) is 33.7 Å². The average Bonchev–Trinajstić information content (AvgIpc) is 3.24. The summed E-state index contributed by atoms with van der Waals surface area (Å²) in [5.74, 6) is 0.470. The maximum absolute atomic E-state index is 12.6. The second kappa shape index (κ2) is 6.14. The van der Waals surface area contributed by atoms with Gasteiger partial charge < -0.3 is 10.2 Å². The number of carbonyl (C=O) groups is 1. The van der Waals surface area contributed by atoms with Crippen LogP contribution in [0.4, 0.5) is 10.5 Å². The van der Waals surface area contributed by atoms with Crippen LogP contribution in [0.15, 0.2) is 33.6 Å². The van der Waals surface area contributed by atoms with E-state index in [0.717, 1.165) is 30.6 Å². The van der Waals surface area contributed by atoms with Crippen molar-refractivity contribution in [2.45, 2.75) is 38.1 Å². The molecular formula is C17H20N4O3. The molecule has 2 N–H and O–H groups in total. The van der Waals surface area contributed by atoms with E-state index in [1.54, 1.807) is 24.3 Å². The molecule has 126 valence electrons. The Morgan fingerprint density at radius 2 is 2.00 bits per heavy atom. The molecule has 1 aromatic heterocycles. The van der Waals surface area contributed by atoms with E-state index in [1.807, 2.05) is 4.90 Å². The maximum Gasteiger partial charge on any atom is 0.439 e. The number of nitrogens with zero attached hydrogens (tertiary/aromatic N) is 2. The van der Waals surface area contributed by atoms with Gasteiger partial charge in [0.2, 0.25) is 0 Å². The standard InChI is InChI=1S/C17H20N4O3/c22-16(21-10-2-4-11-3-1-5-14(11)21)18-13-8-6-12(7-9-13)15-19-17(23)24-20-15/h6-9,11,14H,1-5,10H2,(H,18,22)(H,19,20,23). The number of aromatic nitrogens is 2. The van der Waals surface area contributed by atoms with E-state index in [4.69, 9.17) is 0 Å². The first-order valence-electron chi connectivity index (χ1n) is 8.45. The number of aromatic amines is 1. The van der Waals surface area contributed by atoms with Crippen molar-refractivity contribution in [3.8, 4) is 11.4 Å². The van der Waals surface area contributed by atoms with Crippen molar-refractivity contribution in [2.75, 3.05) is 11.9 Å². The number of hydrogen-bond donors (Lipinski definition) is 2. The molecule has 2 aromatic rings. The first-order valence-corrected chi connectivity index (χ1v) is 8.45. The molecule has 0 bridgehead atoms. The molecule has 1 aliphatic carbocycles. The van der Waals surface area contributed by atoms with Gasteiger partial charge in [0, 0.05) is 23.8 Å². The van der Waals surface area contributed by atoms with Crippen LogP contribution in [0.3, 0.4) is 0 Å². The Hall–Kier alpha value is -2.57. The Morgan fingerprint density at radius 1 is 1.21 bits per heavy atom. The number of anilines is 1. The highest BCUT2D eigenvalue weighted by Gasteiger charge is 2.37. The summed E-state index contributed by atoms with van der Waals surface area (Å²) in [4.78, 5) is 28.1. The SMILES string of the molecule is O=C(Nc1ccc(-c2noc(=O)[nH]2)cc1)N1CCCC2CCCC21. The molecule has 1 saturated heterocycles. The Morgan fingerprint density at radius 3 is 2.75 bits per heavy atom. The maximum atomic E-state index is 12.6. The first kappa shape index (κ1) is 15.0. The number of likely N-dealkylation sites (tertiary alicyclic amines) is 1. The number of urea groups is 1. The van der Waals surface area contributed by atoms with Crippen molar-refractivity contribution < 1.29 is 9.32 Å². The minimum atomic E-state index is -0.585. The second-order valence-electron chi connectivity index (χ2n) is 6.55. The van der Waals surface area contributed by atoms with Crippen molar-refractivity contribution in [3.63, 3.8) is 0 Å². The summed E-state index contributed by atoms with van der Waals surface area (Å²) >= 11 is 0. The molecule has 1 aliphatic heterocycles. The van der Waals surface area contributed by atoms with Crippen LogP contribution in [0.1, 0.15) is 32.1 Å². The number of fused-ring (bicyclic) bond motifs is 1. The van der Waals surface area contributed by atoms with E-state index in [0.29, 0.717) is 17.8 Å². The lowest BCUT2D eigenvalue weighted by Crippen LogP contribution is -2.48. The summed E-state index contributed by atoms with van der Waals surface area (Å²) in [6.45, 7) is 0.839. The van der Waals surface area contributed by atoms with Crippen LogP contribution in [0, 0.1) is 5.92 Å². The number of hydrogen-bond acceptors (Lipinski definition) is 4. The quantitative estimate of drug-likeness (QED) is 0.887. The second-order valence-corrected chi connectivity index (χ2v) is 6.55. The highest BCUT2D eigenvalue weighted by atomic mass is 16.5. The summed E-state index contributed by atoms with van der Waals surface area (Å²) < 4.78 is 4.50. The van der Waals surface area contributed by atoms with Crippen LogP contribution < -0.4 is 11.1 Å². The fourth-order valence-electron chi connectivity index (χ4n) is 3.97. The summed E-state index contributed by atoms with van der Waals surface area (Å²) in [6.07, 6.45) is 5.94. The molecule has 0 spiro atoms. The van der Waals surface area contributed by atoms with Gasteiger partial charge in [0.1, 0.15) is 0 Å². The molecule has 2 atom stereocenters. The van der Waals surface area contributed by atoms with Gasteiger partial charge in [-0.15, -0.1) is 0 Å². The monoisotopic (exact) mass is 328 g/mol. The van der Waals surface area contributed by atoms with E-state index in [9.17, 15) is 9.59 Å². The molecule has 7 heteroatoms. The third kappa shape index (κ3) is 2.81. The summed E-state index contributed by atoms with van der Waals surface area (Å²) in [6, 6.07) is 7.56. The molecule has 2 aliphatic rings. The van der Waals surface area contributed by atoms with E-state index in [1.165, 1.54) is 19.3 Å². The predicted octanol–water partition coefficient (Wildman–Crippen LogP) is 2.83. The fourth-order valence-corrected chi connectivity index (χ4v) is 3.97. The van der Waals surface area contributed by atoms with Crippen LogP contribution >= 0.6 is 0 Å². The zero-order valence-electron chi connectivity index (χ0n) is 13.3. The van der Waals surface area contributed by atoms with Crippen molar-refractivity contribution in [1.29, 1.82) is 0 Å². The van der Waals surface area contributed by atoms with Gasteiger partial charge in [0.05, 0.1) is 0 Å². The molecule has 2 heterocycles. The van der Waals surface area contributed by atoms with Gasteiger partial charge in [0.25, 0.3) is 0 Å². The number of H-pyrrole nitrogens is 1. The average molecular weight is 328 g/mol. The third-order valence-corrected chi connectivity index (χ3v) is 5.10. The van der Waals surface area contributed by atoms with Gasteiger partial charge in [-0.3, -0.25) is 9.51 Å². The molecule has 1 saturated carbocycles. The van der Waals surface area contributed by atoms with Gasteiger partial charge in [-0.25, -0.2) is 9.59 Å². The molecule has 4 rings (SSSR count). The zero-order valence-corrected chi connectivity index (χ0v) is 13.3. The third-order valence-electron chi connectivity index (χ3n) is 5.10. The molecular weight excluding hydrogens is 308 g/mol. The number of rotatable bonds is 2. The molecule has 24 heavy (non-hydrogen) atoms. The number of carbonyl (C=O) groups excluding carboxylic acids is 1. The smallest absolute Gasteiger partial charge is 0.321 e. The number of nitrogens with one attached hydrogen (secondary N) is 2. The topological polar surface area (TPSA) is 91.2 Å². The minimum absolute atomic E-state index is 0.0193. The van der Waals surface area contributed by atoms with Crippen LogP contribution in [0.5, 0.6) is 0 Å². The normalized spacial score (nSPS) is 23.1. The van der Waals surface area contributed by atoms with Gasteiger partial charge in [0.15, 0.2) is 5.82 Å². The lowest BCUT2D eigenvalue weighted by Gasteiger charge is -2.37. The highest BCUT2D eigenvalue weighted by molar-refractivity contribution is 5.90. The lowest BCUT2D eigenvalue weighted by molar-refractivity contribution is 0.138. The number of amides is 2. The molecule has 7 nitrogen and oxygen atoms in total. The van der Waals surface area contributed by atoms with E-state index < -0.39 is 5.76 Å². The molecule has 2 amide bonds. The fraction of sp³-hybridized carbons (Fsp3) is 0.471. The number of benzene rings is 1. The van der Waals surface area contributed by atoms with Crippen molar-refractivity contribution in [2.24, 2.45) is 5.92 Å². The van der Waals surface area contributed by atoms with E-state index in [2.05, 4.69) is 20.0 Å². The largest absolute Gasteiger partial charge is 0.439 e. The Balaban J connectivity index is 1.45. The van der Waals surface area contributed by atoms with Crippen LogP contribution in [0.25, 0.3) is 11.4 Å². The van der Waals surface area contributed by atoms with Gasteiger partial charge in [-0.2, -0.15) is 0 Å². The van der Waals surface area contributed by atoms with Crippen molar-refractivity contribution in [3.05, 3.63) is 34.8 Å². The first-order chi connectivity index (χ1) is 11.7. The van der Waals surface area contributed by atoms with Crippen molar-refractivity contribution >= 4 is 11.7 Å². The van der Waals surface area contributed by atoms with Gasteiger partial charge in [-0.05, 0) is 55.9 Å². The molecule has 2 unspecified atom stereocenters. The van der Waals surface area contributed by atoms with E-state index >= 15 is 0 Å². The lowest BCUT2D eigenvalue weighted by atomic mass is 9.92. The Kier molecular flexibility index (Phi) is 3.84. The zero-order chi connectivity index (χ0) is 16.5. The molecule has 2 fully saturated rings. The minimum Gasteiger partial charge on any atom is -0.321 e. The van der Waals surface area contributed by atoms with Gasteiger partial charge in [-0.1, -0.05) is 11.6 Å². The summed E-state index contributed by atoms with van der Waals surface area (Å²) in [7, 11) is 0. The molecule has 0 radical (unpaired) electrons. The predicted molar refractivity (Wildman–Crippen MR) is 88.6 cm³/mol. The Bertz CT molecular complexity index is 780.